The van der Waals surface area contributed by atoms with E-state index in [4.69, 9.17) is 0 Å². The van der Waals surface area contributed by atoms with Crippen LogP contribution in [0.2, 0.25) is 0 Å². The van der Waals surface area contributed by atoms with Crippen LogP contribution in [0.3, 0.4) is 0 Å². The van der Waals surface area contributed by atoms with Crippen molar-refractivity contribution in [1.29, 1.82) is 0 Å². The molecule has 2 N–H and O–H groups in total. The van der Waals surface area contributed by atoms with Crippen molar-refractivity contribution in [1.82, 2.24) is 20.3 Å². The lowest BCUT2D eigenvalue weighted by atomic mass is 10.4. The van der Waals surface area contributed by atoms with Crippen LogP contribution < -0.4 is 10.8 Å². The van der Waals surface area contributed by atoms with Gasteiger partial charge in [-0.15, -0.1) is 0 Å². The van der Waals surface area contributed by atoms with Crippen molar-refractivity contribution in [3.63, 3.8) is 0 Å². The van der Waals surface area contributed by atoms with Crippen LogP contribution in [0.15, 0.2) is 4.99 Å². The summed E-state index contributed by atoms with van der Waals surface area (Å²) in [5, 5.41) is 3.24. The molecule has 0 bridgehead atoms. The number of fused-ring (bicyclic) bond motifs is 1. The normalized spacial score (nSPS) is 14.6. The highest BCUT2D eigenvalue weighted by Gasteiger charge is 2.22. The Morgan fingerprint density at radius 3 is 3.18 bits per heavy atom. The molecule has 0 atom stereocenters. The minimum atomic E-state index is 0.319. The van der Waals surface area contributed by atoms with Crippen LogP contribution in [0, 0.1) is 0 Å². The number of aliphatic imine (C=N–C) groups is 1. The van der Waals surface area contributed by atoms with Gasteiger partial charge in [-0.2, -0.15) is 5.48 Å². The Kier molecular flexibility index (Phi) is 3.38. The average Bonchev–Trinajstić information content (AvgIpc) is 2.90. The van der Waals surface area contributed by atoms with Gasteiger partial charge in [0.2, 0.25) is 0 Å². The third-order valence-corrected chi connectivity index (χ3v) is 2.70. The number of nitrogens with one attached hydrogen (secondary N) is 2. The minimum Gasteiger partial charge on any atom is -0.345 e. The Morgan fingerprint density at radius 1 is 1.71 bits per heavy atom. The van der Waals surface area contributed by atoms with E-state index in [1.54, 1.807) is 7.05 Å². The molecular formula is C10H15N5O2. The first-order chi connectivity index (χ1) is 8.31. The molecule has 1 aromatic rings. The molecule has 17 heavy (non-hydrogen) atoms. The number of imidazole rings is 1. The second-order valence-electron chi connectivity index (χ2n) is 3.56. The summed E-state index contributed by atoms with van der Waals surface area (Å²) in [5.74, 6) is 1.15. The fraction of sp³-hybridized carbons (Fsp3) is 0.500. The quantitative estimate of drug-likeness (QED) is 0.321. The SMILES string of the molecule is CCn1c(C(=NC)NOC=O)nc2c1CNC2. The summed E-state index contributed by atoms with van der Waals surface area (Å²) < 4.78 is 2.05. The van der Waals surface area contributed by atoms with Crippen molar-refractivity contribution in [2.45, 2.75) is 26.6 Å². The lowest BCUT2D eigenvalue weighted by Gasteiger charge is -2.10. The molecule has 1 aliphatic rings. The summed E-state index contributed by atoms with van der Waals surface area (Å²) >= 11 is 0. The highest BCUT2D eigenvalue weighted by molar-refractivity contribution is 5.95. The molecule has 0 aliphatic carbocycles. The number of rotatable bonds is 4. The van der Waals surface area contributed by atoms with E-state index < -0.39 is 0 Å². The molecule has 0 unspecified atom stereocenters. The van der Waals surface area contributed by atoms with Crippen LogP contribution in [0.5, 0.6) is 0 Å². The Labute approximate surface area is 98.8 Å². The van der Waals surface area contributed by atoms with Gasteiger partial charge < -0.3 is 14.7 Å². The number of hydrogen-bond acceptors (Lipinski definition) is 5. The first-order valence-electron chi connectivity index (χ1n) is 5.43. The summed E-state index contributed by atoms with van der Waals surface area (Å²) in [4.78, 5) is 23.2. The van der Waals surface area contributed by atoms with Gasteiger partial charge in [0.05, 0.1) is 11.4 Å². The molecule has 1 aliphatic heterocycles. The van der Waals surface area contributed by atoms with Crippen molar-refractivity contribution in [3.8, 4) is 0 Å². The van der Waals surface area contributed by atoms with Gasteiger partial charge >= 0.3 is 6.47 Å². The van der Waals surface area contributed by atoms with Crippen LogP contribution in [-0.4, -0.2) is 28.9 Å². The van der Waals surface area contributed by atoms with Crippen LogP contribution >= 0.6 is 0 Å². The second kappa shape index (κ2) is 4.96. The lowest BCUT2D eigenvalue weighted by molar-refractivity contribution is -0.132. The van der Waals surface area contributed by atoms with E-state index in [0.29, 0.717) is 18.1 Å². The summed E-state index contributed by atoms with van der Waals surface area (Å²) in [6, 6.07) is 0. The molecule has 2 rings (SSSR count). The van der Waals surface area contributed by atoms with Crippen molar-refractivity contribution in [2.24, 2.45) is 4.99 Å². The molecule has 1 aromatic heterocycles. The van der Waals surface area contributed by atoms with E-state index in [9.17, 15) is 4.79 Å². The third-order valence-electron chi connectivity index (χ3n) is 2.70. The number of hydrogen-bond donors (Lipinski definition) is 2. The molecular weight excluding hydrogens is 222 g/mol. The van der Waals surface area contributed by atoms with Gasteiger partial charge in [0.1, 0.15) is 0 Å². The van der Waals surface area contributed by atoms with Crippen LogP contribution in [0.4, 0.5) is 0 Å². The van der Waals surface area contributed by atoms with Crippen LogP contribution in [0.25, 0.3) is 0 Å². The van der Waals surface area contributed by atoms with Crippen LogP contribution in [0.1, 0.15) is 24.1 Å². The molecule has 92 valence electrons. The maximum atomic E-state index is 10.2. The molecule has 0 amide bonds. The van der Waals surface area contributed by atoms with Gasteiger partial charge in [-0.05, 0) is 6.92 Å². The van der Waals surface area contributed by atoms with Gasteiger partial charge in [0, 0.05) is 26.7 Å². The number of carbonyl (C=O) groups excluding carboxylic acids is 1. The zero-order chi connectivity index (χ0) is 12.3. The van der Waals surface area contributed by atoms with Crippen molar-refractivity contribution < 1.29 is 9.63 Å². The molecule has 0 fully saturated rings. The smallest absolute Gasteiger partial charge is 0.320 e. The molecule has 2 heterocycles. The van der Waals surface area contributed by atoms with Crippen molar-refractivity contribution in [3.05, 3.63) is 17.2 Å². The Balaban J connectivity index is 2.34. The lowest BCUT2D eigenvalue weighted by Crippen LogP contribution is -2.28. The zero-order valence-corrected chi connectivity index (χ0v) is 9.86. The van der Waals surface area contributed by atoms with E-state index in [1.165, 1.54) is 0 Å². The fourth-order valence-electron chi connectivity index (χ4n) is 1.97. The standard InChI is InChI=1S/C10H15N5O2/c1-3-15-8-5-12-4-7(8)13-10(15)9(11-2)14-17-6-16/h6,12H,3-5H2,1-2H3,(H,11,14). The molecule has 0 spiro atoms. The van der Waals surface area contributed by atoms with E-state index in [-0.39, 0.29) is 0 Å². The van der Waals surface area contributed by atoms with Gasteiger partial charge in [-0.25, -0.2) is 4.98 Å². The number of aromatic nitrogens is 2. The van der Waals surface area contributed by atoms with Gasteiger partial charge in [-0.3, -0.25) is 9.79 Å². The predicted octanol–water partition coefficient (Wildman–Crippen LogP) is -0.440. The van der Waals surface area contributed by atoms with Gasteiger partial charge in [-0.1, -0.05) is 0 Å². The Hall–Kier alpha value is -1.89. The molecule has 0 saturated carbocycles. The largest absolute Gasteiger partial charge is 0.345 e. The summed E-state index contributed by atoms with van der Waals surface area (Å²) in [5.41, 5.74) is 4.66. The molecule has 7 nitrogen and oxygen atoms in total. The Morgan fingerprint density at radius 2 is 2.53 bits per heavy atom. The van der Waals surface area contributed by atoms with E-state index in [0.717, 1.165) is 31.0 Å². The third kappa shape index (κ3) is 2.01. The average molecular weight is 237 g/mol. The minimum absolute atomic E-state index is 0.319. The predicted molar refractivity (Wildman–Crippen MR) is 61.2 cm³/mol. The number of hydroxylamine groups is 1. The van der Waals surface area contributed by atoms with Crippen molar-refractivity contribution >= 4 is 12.3 Å². The van der Waals surface area contributed by atoms with Crippen molar-refractivity contribution in [2.75, 3.05) is 7.05 Å². The molecule has 7 heteroatoms. The number of nitrogens with zero attached hydrogens (tertiary/aromatic N) is 3. The summed E-state index contributed by atoms with van der Waals surface area (Å²) in [6.45, 7) is 4.72. The van der Waals surface area contributed by atoms with E-state index in [2.05, 4.69) is 30.2 Å². The molecule has 0 radical (unpaired) electrons. The first kappa shape index (κ1) is 11.6. The first-order valence-corrected chi connectivity index (χ1v) is 5.43. The molecule has 0 saturated heterocycles. The second-order valence-corrected chi connectivity index (χ2v) is 3.56. The zero-order valence-electron chi connectivity index (χ0n) is 9.86. The number of carbonyl (C=O) groups is 1. The summed E-state index contributed by atoms with van der Waals surface area (Å²) in [7, 11) is 1.62. The fourth-order valence-corrected chi connectivity index (χ4v) is 1.97. The summed E-state index contributed by atoms with van der Waals surface area (Å²) in [6.07, 6.45) is 0. The number of amidine groups is 1. The van der Waals surface area contributed by atoms with E-state index >= 15 is 0 Å². The van der Waals surface area contributed by atoms with E-state index in [1.807, 2.05) is 6.92 Å². The van der Waals surface area contributed by atoms with Crippen LogP contribution in [-0.2, 0) is 29.3 Å². The Bertz CT molecular complexity index is 452. The highest BCUT2D eigenvalue weighted by Crippen LogP contribution is 2.17. The maximum Gasteiger partial charge on any atom is 0.320 e. The topological polar surface area (TPSA) is 80.5 Å². The van der Waals surface area contributed by atoms with Gasteiger partial charge in [0.25, 0.3) is 0 Å². The maximum absolute atomic E-state index is 10.2. The molecule has 0 aromatic carbocycles. The monoisotopic (exact) mass is 237 g/mol. The van der Waals surface area contributed by atoms with Gasteiger partial charge in [0.15, 0.2) is 11.7 Å². The highest BCUT2D eigenvalue weighted by atomic mass is 16.7.